The average Bonchev–Trinajstić information content (AvgIpc) is 2.58. The Morgan fingerprint density at radius 2 is 1.81 bits per heavy atom. The van der Waals surface area contributed by atoms with Crippen LogP contribution in [0.1, 0.15) is 26.3 Å². The molecule has 0 atom stereocenters. The molecule has 1 aromatic carbocycles. The predicted octanol–water partition coefficient (Wildman–Crippen LogP) is 3.54. The van der Waals surface area contributed by atoms with Crippen LogP contribution >= 0.6 is 0 Å². The number of hydrogen-bond acceptors (Lipinski definition) is 6. The highest BCUT2D eigenvalue weighted by Gasteiger charge is 2.24. The number of nitrogens with zero attached hydrogens (tertiary/aromatic N) is 2. The molecule has 0 fully saturated rings. The zero-order chi connectivity index (χ0) is 20.1. The maximum atomic E-state index is 12.5. The van der Waals surface area contributed by atoms with E-state index in [0.717, 1.165) is 5.56 Å². The van der Waals surface area contributed by atoms with Crippen LogP contribution in [0.15, 0.2) is 53.7 Å². The molecule has 0 saturated carbocycles. The maximum absolute atomic E-state index is 12.5. The summed E-state index contributed by atoms with van der Waals surface area (Å²) in [6.45, 7) is 6.90. The summed E-state index contributed by atoms with van der Waals surface area (Å²) < 4.78 is 35.1. The monoisotopic (exact) mass is 392 g/mol. The molecule has 1 aromatic heterocycles. The van der Waals surface area contributed by atoms with Gasteiger partial charge in [-0.25, -0.2) is 4.79 Å². The summed E-state index contributed by atoms with van der Waals surface area (Å²) in [6.07, 6.45) is 2.47. The quantitative estimate of drug-likeness (QED) is 0.699. The highest BCUT2D eigenvalue weighted by molar-refractivity contribution is 7.86. The van der Waals surface area contributed by atoms with E-state index in [1.165, 1.54) is 23.2 Å². The third kappa shape index (κ3) is 6.33. The second kappa shape index (κ2) is 8.49. The highest BCUT2D eigenvalue weighted by Crippen LogP contribution is 2.18. The molecule has 0 N–H and O–H groups in total. The van der Waals surface area contributed by atoms with Gasteiger partial charge >= 0.3 is 6.09 Å². The molecule has 1 heterocycles. The van der Waals surface area contributed by atoms with Crippen molar-refractivity contribution >= 4 is 21.9 Å². The molecule has 0 spiro atoms. The Bertz CT molecular complexity index is 859. The van der Waals surface area contributed by atoms with Gasteiger partial charge in [0.1, 0.15) is 5.60 Å². The van der Waals surface area contributed by atoms with Gasteiger partial charge in [-0.1, -0.05) is 17.7 Å². The second-order valence-corrected chi connectivity index (χ2v) is 8.55. The van der Waals surface area contributed by atoms with Gasteiger partial charge in [-0.15, -0.1) is 0 Å². The van der Waals surface area contributed by atoms with Gasteiger partial charge in [-0.05, 0) is 52.0 Å². The van der Waals surface area contributed by atoms with Crippen molar-refractivity contribution in [2.24, 2.45) is 0 Å². The van der Waals surface area contributed by atoms with Gasteiger partial charge in [0.05, 0.1) is 29.9 Å². The van der Waals surface area contributed by atoms with Crippen LogP contribution in [0.5, 0.6) is 0 Å². The third-order valence-corrected chi connectivity index (χ3v) is 4.76. The van der Waals surface area contributed by atoms with E-state index in [9.17, 15) is 13.2 Å². The molecule has 2 rings (SSSR count). The summed E-state index contributed by atoms with van der Waals surface area (Å²) in [5.41, 5.74) is 0.747. The van der Waals surface area contributed by atoms with E-state index < -0.39 is 21.8 Å². The molecule has 0 aliphatic carbocycles. The van der Waals surface area contributed by atoms with Crippen molar-refractivity contribution in [2.45, 2.75) is 38.2 Å². The minimum Gasteiger partial charge on any atom is -0.443 e. The zero-order valence-electron chi connectivity index (χ0n) is 15.9. The van der Waals surface area contributed by atoms with Crippen molar-refractivity contribution in [3.8, 4) is 0 Å². The van der Waals surface area contributed by atoms with E-state index in [2.05, 4.69) is 4.98 Å². The van der Waals surface area contributed by atoms with Crippen molar-refractivity contribution in [1.82, 2.24) is 4.98 Å². The standard InChI is InChI=1S/C19H24N2O5S/c1-15-7-9-17(10-8-15)27(23,24)25-13-12-21(16-6-5-11-20-14-16)18(22)26-19(2,3)4/h5-11,14H,12-13H2,1-4H3. The van der Waals surface area contributed by atoms with Crippen LogP contribution in [0.4, 0.5) is 10.5 Å². The molecule has 0 aliphatic heterocycles. The SMILES string of the molecule is Cc1ccc(S(=O)(=O)OCCN(C(=O)OC(C)(C)C)c2cccnc2)cc1. The smallest absolute Gasteiger partial charge is 0.414 e. The van der Waals surface area contributed by atoms with Crippen LogP contribution in [0.25, 0.3) is 0 Å². The number of anilines is 1. The number of carbonyl (C=O) groups excluding carboxylic acids is 1. The van der Waals surface area contributed by atoms with Crippen LogP contribution in [0, 0.1) is 6.92 Å². The summed E-state index contributed by atoms with van der Waals surface area (Å²) >= 11 is 0. The van der Waals surface area contributed by atoms with Crippen LogP contribution < -0.4 is 4.90 Å². The van der Waals surface area contributed by atoms with Gasteiger partial charge in [-0.2, -0.15) is 8.42 Å². The van der Waals surface area contributed by atoms with E-state index in [0.29, 0.717) is 5.69 Å². The number of amides is 1. The Morgan fingerprint density at radius 1 is 1.15 bits per heavy atom. The Kier molecular flexibility index (Phi) is 6.56. The Balaban J connectivity index is 2.09. The first-order valence-corrected chi connectivity index (χ1v) is 9.86. The minimum absolute atomic E-state index is 0.00824. The van der Waals surface area contributed by atoms with Crippen LogP contribution in [-0.4, -0.2) is 38.2 Å². The molecule has 0 aliphatic rings. The van der Waals surface area contributed by atoms with Gasteiger partial charge in [0.15, 0.2) is 0 Å². The lowest BCUT2D eigenvalue weighted by atomic mass is 10.2. The number of aromatic nitrogens is 1. The fourth-order valence-corrected chi connectivity index (χ4v) is 3.07. The number of ether oxygens (including phenoxy) is 1. The van der Waals surface area contributed by atoms with Gasteiger partial charge in [0, 0.05) is 6.20 Å². The minimum atomic E-state index is -3.91. The fourth-order valence-electron chi connectivity index (χ4n) is 2.17. The maximum Gasteiger partial charge on any atom is 0.414 e. The van der Waals surface area contributed by atoms with E-state index in [1.807, 2.05) is 6.92 Å². The zero-order valence-corrected chi connectivity index (χ0v) is 16.7. The van der Waals surface area contributed by atoms with Crippen molar-refractivity contribution in [3.05, 3.63) is 54.4 Å². The normalized spacial score (nSPS) is 11.9. The molecule has 0 bridgehead atoms. The van der Waals surface area contributed by atoms with Crippen molar-refractivity contribution in [2.75, 3.05) is 18.1 Å². The molecule has 0 radical (unpaired) electrons. The third-order valence-electron chi connectivity index (χ3n) is 3.43. The molecule has 146 valence electrons. The molecule has 0 saturated heterocycles. The fraction of sp³-hybridized carbons (Fsp3) is 0.368. The van der Waals surface area contributed by atoms with Crippen LogP contribution in [-0.2, 0) is 19.0 Å². The number of rotatable bonds is 6. The summed E-state index contributed by atoms with van der Waals surface area (Å²) in [5.74, 6) is 0. The molecular formula is C19H24N2O5S. The van der Waals surface area contributed by atoms with Crippen molar-refractivity contribution in [3.63, 3.8) is 0 Å². The molecular weight excluding hydrogens is 368 g/mol. The highest BCUT2D eigenvalue weighted by atomic mass is 32.2. The number of hydrogen-bond donors (Lipinski definition) is 0. The van der Waals surface area contributed by atoms with E-state index in [-0.39, 0.29) is 18.0 Å². The predicted molar refractivity (Wildman–Crippen MR) is 102 cm³/mol. The van der Waals surface area contributed by atoms with Crippen LogP contribution in [0.3, 0.4) is 0 Å². The lowest BCUT2D eigenvalue weighted by Crippen LogP contribution is -2.39. The number of aryl methyl sites for hydroxylation is 1. The largest absolute Gasteiger partial charge is 0.443 e. The lowest BCUT2D eigenvalue weighted by Gasteiger charge is -2.27. The molecule has 1 amide bonds. The molecule has 8 heteroatoms. The summed E-state index contributed by atoms with van der Waals surface area (Å²) in [5, 5.41) is 0. The van der Waals surface area contributed by atoms with Gasteiger partial charge in [0.2, 0.25) is 0 Å². The van der Waals surface area contributed by atoms with E-state index in [1.54, 1.807) is 51.2 Å². The Morgan fingerprint density at radius 3 is 2.37 bits per heavy atom. The van der Waals surface area contributed by atoms with Crippen LogP contribution in [0.2, 0.25) is 0 Å². The van der Waals surface area contributed by atoms with Gasteiger partial charge in [0.25, 0.3) is 10.1 Å². The van der Waals surface area contributed by atoms with Crippen molar-refractivity contribution < 1.29 is 22.1 Å². The number of carbonyl (C=O) groups is 1. The second-order valence-electron chi connectivity index (χ2n) is 6.93. The molecule has 27 heavy (non-hydrogen) atoms. The number of benzene rings is 1. The van der Waals surface area contributed by atoms with Crippen molar-refractivity contribution in [1.29, 1.82) is 0 Å². The summed E-state index contributed by atoms with van der Waals surface area (Å²) in [4.78, 5) is 17.8. The summed E-state index contributed by atoms with van der Waals surface area (Å²) in [7, 11) is -3.91. The molecule has 2 aromatic rings. The van der Waals surface area contributed by atoms with Gasteiger partial charge in [-0.3, -0.25) is 14.1 Å². The van der Waals surface area contributed by atoms with E-state index >= 15 is 0 Å². The Labute approximate surface area is 160 Å². The average molecular weight is 392 g/mol. The first-order valence-electron chi connectivity index (χ1n) is 8.45. The molecule has 7 nitrogen and oxygen atoms in total. The van der Waals surface area contributed by atoms with Gasteiger partial charge < -0.3 is 4.74 Å². The first-order chi connectivity index (χ1) is 12.6. The topological polar surface area (TPSA) is 85.8 Å². The summed E-state index contributed by atoms with van der Waals surface area (Å²) in [6, 6.07) is 9.72. The Hall–Kier alpha value is -2.45. The lowest BCUT2D eigenvalue weighted by molar-refractivity contribution is 0.0575. The molecule has 0 unspecified atom stereocenters. The number of pyridine rings is 1. The first kappa shape index (κ1) is 20.9. The van der Waals surface area contributed by atoms with E-state index in [4.69, 9.17) is 8.92 Å².